The lowest BCUT2D eigenvalue weighted by molar-refractivity contribution is -0.118. The van der Waals surface area contributed by atoms with Crippen LogP contribution in [0.25, 0.3) is 11.1 Å². The average molecular weight is 560 g/mol. The van der Waals surface area contributed by atoms with Gasteiger partial charge in [0.1, 0.15) is 30.5 Å². The van der Waals surface area contributed by atoms with Gasteiger partial charge in [0, 0.05) is 19.5 Å². The van der Waals surface area contributed by atoms with E-state index in [9.17, 15) is 13.6 Å². The van der Waals surface area contributed by atoms with E-state index in [0.717, 1.165) is 41.5 Å². The first kappa shape index (κ1) is 29.6. The van der Waals surface area contributed by atoms with E-state index in [2.05, 4.69) is 41.2 Å². The molecular weight excluding hydrogens is 524 g/mol. The highest BCUT2D eigenvalue weighted by Crippen LogP contribution is 2.30. The van der Waals surface area contributed by atoms with Gasteiger partial charge in [-0.05, 0) is 77.8 Å². The quantitative estimate of drug-likeness (QED) is 0.160. The predicted molar refractivity (Wildman–Crippen MR) is 156 cm³/mol. The Labute approximate surface area is 240 Å². The molecule has 0 fully saturated rings. The maximum atomic E-state index is 12.7. The fourth-order valence-electron chi connectivity index (χ4n) is 4.57. The molecule has 0 aromatic heterocycles. The van der Waals surface area contributed by atoms with Crippen molar-refractivity contribution in [1.29, 1.82) is 0 Å². The second-order valence-corrected chi connectivity index (χ2v) is 9.77. The molecule has 4 aromatic rings. The molecule has 0 aliphatic rings. The molecule has 0 heterocycles. The summed E-state index contributed by atoms with van der Waals surface area (Å²) in [7, 11) is 0. The summed E-state index contributed by atoms with van der Waals surface area (Å²) in [6.07, 6.45) is 2.45. The lowest BCUT2D eigenvalue weighted by Crippen LogP contribution is -2.20. The third-order valence-corrected chi connectivity index (χ3v) is 6.73. The fourth-order valence-corrected chi connectivity index (χ4v) is 4.57. The van der Waals surface area contributed by atoms with Crippen LogP contribution in [-0.4, -0.2) is 19.1 Å². The second-order valence-electron chi connectivity index (χ2n) is 9.77. The van der Waals surface area contributed by atoms with Crippen LogP contribution in [0.15, 0.2) is 91.0 Å². The number of alkyl halides is 2. The Morgan fingerprint density at radius 3 is 2.39 bits per heavy atom. The minimum atomic E-state index is -2.89. The summed E-state index contributed by atoms with van der Waals surface area (Å²) in [6.45, 7) is 1.92. The second kappa shape index (κ2) is 14.8. The smallest absolute Gasteiger partial charge is 0.387 e. The summed E-state index contributed by atoms with van der Waals surface area (Å²) < 4.78 is 42.2. The van der Waals surface area contributed by atoms with Crippen LogP contribution in [0.3, 0.4) is 0 Å². The van der Waals surface area contributed by atoms with Gasteiger partial charge in [0.05, 0.1) is 0 Å². The van der Waals surface area contributed by atoms with Crippen molar-refractivity contribution in [2.45, 2.75) is 52.9 Å². The first-order valence-corrected chi connectivity index (χ1v) is 13.7. The van der Waals surface area contributed by atoms with Crippen molar-refractivity contribution < 1.29 is 27.8 Å². The van der Waals surface area contributed by atoms with Gasteiger partial charge in [-0.2, -0.15) is 8.78 Å². The van der Waals surface area contributed by atoms with Crippen molar-refractivity contribution in [3.05, 3.63) is 113 Å². The van der Waals surface area contributed by atoms with E-state index in [4.69, 9.17) is 9.47 Å². The zero-order chi connectivity index (χ0) is 29.0. The molecule has 4 aromatic carbocycles. The highest BCUT2D eigenvalue weighted by atomic mass is 19.3. The van der Waals surface area contributed by atoms with Crippen molar-refractivity contribution in [1.82, 2.24) is 5.32 Å². The highest BCUT2D eigenvalue weighted by Gasteiger charge is 2.11. The minimum Gasteiger partial charge on any atom is -0.489 e. The number of rotatable bonds is 14. The van der Waals surface area contributed by atoms with Crippen molar-refractivity contribution in [2.24, 2.45) is 0 Å². The van der Waals surface area contributed by atoms with Crippen LogP contribution in [-0.2, 0) is 24.4 Å². The van der Waals surface area contributed by atoms with Gasteiger partial charge in [-0.1, -0.05) is 66.7 Å². The van der Waals surface area contributed by atoms with E-state index in [1.807, 2.05) is 42.5 Å². The number of benzene rings is 4. The normalized spacial score (nSPS) is 10.9. The maximum Gasteiger partial charge on any atom is 0.387 e. The molecule has 0 atom stereocenters. The molecular formula is C34H35F2NO4. The van der Waals surface area contributed by atoms with E-state index >= 15 is 0 Å². The number of nitrogens with one attached hydrogen (secondary N) is 1. The topological polar surface area (TPSA) is 56.8 Å². The Morgan fingerprint density at radius 2 is 1.61 bits per heavy atom. The summed E-state index contributed by atoms with van der Waals surface area (Å²) in [5, 5.41) is 2.82. The molecule has 4 rings (SSSR count). The molecule has 0 saturated carbocycles. The zero-order valence-electron chi connectivity index (χ0n) is 23.4. The van der Waals surface area contributed by atoms with Crippen LogP contribution in [0.4, 0.5) is 8.78 Å². The summed E-state index contributed by atoms with van der Waals surface area (Å²) in [5.41, 5.74) is 6.29. The van der Waals surface area contributed by atoms with Crippen molar-refractivity contribution in [3.8, 4) is 28.4 Å². The van der Waals surface area contributed by atoms with E-state index in [-0.39, 0.29) is 18.3 Å². The molecule has 0 saturated heterocycles. The molecule has 0 aliphatic heterocycles. The zero-order valence-corrected chi connectivity index (χ0v) is 23.4. The molecule has 0 bridgehead atoms. The van der Waals surface area contributed by atoms with Crippen molar-refractivity contribution in [3.63, 3.8) is 0 Å². The van der Waals surface area contributed by atoms with Gasteiger partial charge < -0.3 is 19.5 Å². The van der Waals surface area contributed by atoms with Crippen LogP contribution >= 0.6 is 0 Å². The van der Waals surface area contributed by atoms with Crippen molar-refractivity contribution >= 4 is 5.91 Å². The molecule has 5 nitrogen and oxygen atoms in total. The molecule has 41 heavy (non-hydrogen) atoms. The van der Waals surface area contributed by atoms with E-state index in [1.54, 1.807) is 18.2 Å². The van der Waals surface area contributed by atoms with Crippen LogP contribution in [0.2, 0.25) is 0 Å². The van der Waals surface area contributed by atoms with E-state index < -0.39 is 6.61 Å². The molecule has 214 valence electrons. The first-order valence-electron chi connectivity index (χ1n) is 13.7. The standard InChI is InChI=1S/C34H35F2NO4/c1-24-29(14-9-16-32(24)27-11-4-3-5-12-27)23-39-30-18-17-28(13-6-7-19-37-25(2)38)33(21-30)40-22-26-10-8-15-31(20-26)41-34(35)36/h3-5,8-12,14-18,20-21,34H,6-7,13,19,22-23H2,1-2H3,(H,37,38). The molecule has 0 radical (unpaired) electrons. The van der Waals surface area contributed by atoms with E-state index in [1.165, 1.54) is 18.6 Å². The molecule has 0 spiro atoms. The lowest BCUT2D eigenvalue weighted by atomic mass is 9.97. The minimum absolute atomic E-state index is 0.0434. The number of ether oxygens (including phenoxy) is 3. The number of hydrogen-bond acceptors (Lipinski definition) is 4. The molecule has 1 amide bonds. The Balaban J connectivity index is 1.47. The third-order valence-electron chi connectivity index (χ3n) is 6.73. The largest absolute Gasteiger partial charge is 0.489 e. The predicted octanol–water partition coefficient (Wildman–Crippen LogP) is 7.88. The Hall–Kier alpha value is -4.39. The van der Waals surface area contributed by atoms with Gasteiger partial charge in [-0.3, -0.25) is 4.79 Å². The summed E-state index contributed by atoms with van der Waals surface area (Å²) in [5.74, 6) is 1.38. The number of carbonyl (C=O) groups excluding carboxylic acids is 1. The molecule has 1 N–H and O–H groups in total. The van der Waals surface area contributed by atoms with Gasteiger partial charge in [0.2, 0.25) is 5.91 Å². The van der Waals surface area contributed by atoms with Crippen LogP contribution in [0, 0.1) is 6.92 Å². The third kappa shape index (κ3) is 9.07. The van der Waals surface area contributed by atoms with E-state index in [0.29, 0.717) is 30.2 Å². The van der Waals surface area contributed by atoms with Crippen LogP contribution in [0.5, 0.6) is 17.2 Å². The van der Waals surface area contributed by atoms with Gasteiger partial charge in [0.15, 0.2) is 0 Å². The lowest BCUT2D eigenvalue weighted by Gasteiger charge is -2.16. The fraction of sp³-hybridized carbons (Fsp3) is 0.265. The summed E-state index contributed by atoms with van der Waals surface area (Å²) in [4.78, 5) is 11.2. The summed E-state index contributed by atoms with van der Waals surface area (Å²) in [6, 6.07) is 28.8. The summed E-state index contributed by atoms with van der Waals surface area (Å²) >= 11 is 0. The average Bonchev–Trinajstić information content (AvgIpc) is 2.96. The SMILES string of the molecule is CC(=O)NCCCCc1ccc(OCc2cccc(-c3ccccc3)c2C)cc1OCc1cccc(OC(F)F)c1. The van der Waals surface area contributed by atoms with Crippen LogP contribution in [0.1, 0.15) is 42.0 Å². The molecule has 7 heteroatoms. The number of hydrogen-bond donors (Lipinski definition) is 1. The van der Waals surface area contributed by atoms with Crippen LogP contribution < -0.4 is 19.5 Å². The number of halogens is 2. The Bertz CT molecular complexity index is 1430. The first-order chi connectivity index (χ1) is 19.9. The van der Waals surface area contributed by atoms with Gasteiger partial charge in [0.25, 0.3) is 0 Å². The van der Waals surface area contributed by atoms with Gasteiger partial charge in [-0.15, -0.1) is 0 Å². The monoisotopic (exact) mass is 559 g/mol. The number of aryl methyl sites for hydroxylation is 1. The maximum absolute atomic E-state index is 12.7. The van der Waals surface area contributed by atoms with Gasteiger partial charge >= 0.3 is 6.61 Å². The number of unbranched alkanes of at least 4 members (excludes halogenated alkanes) is 1. The van der Waals surface area contributed by atoms with Gasteiger partial charge in [-0.25, -0.2) is 0 Å². The Morgan fingerprint density at radius 1 is 0.805 bits per heavy atom. The Kier molecular flexibility index (Phi) is 10.7. The molecule has 0 unspecified atom stereocenters. The number of carbonyl (C=O) groups is 1. The highest BCUT2D eigenvalue weighted by molar-refractivity contribution is 5.72. The molecule has 0 aliphatic carbocycles. The number of amides is 1. The van der Waals surface area contributed by atoms with Crippen molar-refractivity contribution in [2.75, 3.05) is 6.54 Å².